The second-order valence-electron chi connectivity index (χ2n) is 6.72. The van der Waals surface area contributed by atoms with Gasteiger partial charge in [0.2, 0.25) is 0 Å². The summed E-state index contributed by atoms with van der Waals surface area (Å²) in [6.45, 7) is 10.5. The summed E-state index contributed by atoms with van der Waals surface area (Å²) in [4.78, 5) is 27.6. The van der Waals surface area contributed by atoms with E-state index in [1.165, 1.54) is 0 Å². The average molecular weight is 334 g/mol. The van der Waals surface area contributed by atoms with Gasteiger partial charge in [-0.15, -0.1) is 0 Å². The molecule has 1 aromatic rings. The number of benzene rings is 1. The van der Waals surface area contributed by atoms with Crippen LogP contribution in [-0.4, -0.2) is 55.3 Å². The molecule has 2 rings (SSSR count). The van der Waals surface area contributed by atoms with Crippen LogP contribution < -0.4 is 4.90 Å². The highest BCUT2D eigenvalue weighted by Crippen LogP contribution is 2.19. The van der Waals surface area contributed by atoms with Gasteiger partial charge in [0.05, 0.1) is 12.2 Å². The van der Waals surface area contributed by atoms with Gasteiger partial charge in [-0.1, -0.05) is 0 Å². The fourth-order valence-corrected chi connectivity index (χ4v) is 2.51. The standard InChI is InChI=1S/C18H26N2O4/c1-5-23-17(22)20-12-10-19(11-13-20)15-8-6-14(7-9-15)16(21)24-18(2,3)4/h6-9H,5,10-13H2,1-4H3. The van der Waals surface area contributed by atoms with Gasteiger partial charge in [-0.3, -0.25) is 0 Å². The number of ether oxygens (including phenoxy) is 2. The number of piperazine rings is 1. The molecule has 6 heteroatoms. The Kier molecular flexibility index (Phi) is 5.70. The SMILES string of the molecule is CCOC(=O)N1CCN(c2ccc(C(=O)OC(C)(C)C)cc2)CC1. The molecule has 1 saturated heterocycles. The highest BCUT2D eigenvalue weighted by molar-refractivity contribution is 5.90. The molecule has 1 fully saturated rings. The van der Waals surface area contributed by atoms with Crippen molar-refractivity contribution in [3.05, 3.63) is 29.8 Å². The first-order valence-corrected chi connectivity index (χ1v) is 8.30. The van der Waals surface area contributed by atoms with Crippen molar-refractivity contribution in [2.24, 2.45) is 0 Å². The maximum Gasteiger partial charge on any atom is 0.409 e. The first-order valence-electron chi connectivity index (χ1n) is 8.30. The number of hydrogen-bond acceptors (Lipinski definition) is 5. The van der Waals surface area contributed by atoms with Crippen LogP contribution in [0.25, 0.3) is 0 Å². The Balaban J connectivity index is 1.93. The van der Waals surface area contributed by atoms with E-state index in [0.29, 0.717) is 25.3 Å². The van der Waals surface area contributed by atoms with Crippen molar-refractivity contribution in [1.29, 1.82) is 0 Å². The summed E-state index contributed by atoms with van der Waals surface area (Å²) in [5.74, 6) is -0.318. The molecule has 1 amide bonds. The lowest BCUT2D eigenvalue weighted by Gasteiger charge is -2.35. The molecule has 1 aliphatic rings. The van der Waals surface area contributed by atoms with Gasteiger partial charge in [-0.2, -0.15) is 0 Å². The minimum absolute atomic E-state index is 0.252. The number of nitrogens with zero attached hydrogens (tertiary/aromatic N) is 2. The van der Waals surface area contributed by atoms with Crippen LogP contribution in [0, 0.1) is 0 Å². The Morgan fingerprint density at radius 1 is 1.04 bits per heavy atom. The van der Waals surface area contributed by atoms with Crippen molar-refractivity contribution in [3.8, 4) is 0 Å². The normalized spacial score (nSPS) is 15.2. The number of amides is 1. The monoisotopic (exact) mass is 334 g/mol. The molecule has 0 aromatic heterocycles. The number of carbonyl (C=O) groups excluding carboxylic acids is 2. The smallest absolute Gasteiger partial charge is 0.409 e. The third-order valence-corrected chi connectivity index (χ3v) is 3.67. The van der Waals surface area contributed by atoms with Crippen LogP contribution in [0.5, 0.6) is 0 Å². The molecule has 24 heavy (non-hydrogen) atoms. The van der Waals surface area contributed by atoms with Crippen LogP contribution in [0.15, 0.2) is 24.3 Å². The van der Waals surface area contributed by atoms with Crippen LogP contribution in [0.1, 0.15) is 38.1 Å². The number of carbonyl (C=O) groups is 2. The summed E-state index contributed by atoms with van der Waals surface area (Å²) >= 11 is 0. The third kappa shape index (κ3) is 4.88. The molecule has 0 N–H and O–H groups in total. The summed E-state index contributed by atoms with van der Waals surface area (Å²) in [6.07, 6.45) is -0.252. The van der Waals surface area contributed by atoms with Gasteiger partial charge in [-0.05, 0) is 52.0 Å². The minimum atomic E-state index is -0.501. The minimum Gasteiger partial charge on any atom is -0.456 e. The first-order chi connectivity index (χ1) is 11.3. The Labute approximate surface area is 143 Å². The van der Waals surface area contributed by atoms with Crippen molar-refractivity contribution in [3.63, 3.8) is 0 Å². The van der Waals surface area contributed by atoms with Crippen LogP contribution in [0.3, 0.4) is 0 Å². The molecule has 1 heterocycles. The highest BCUT2D eigenvalue weighted by Gasteiger charge is 2.22. The predicted molar refractivity (Wildman–Crippen MR) is 92.4 cm³/mol. The van der Waals surface area contributed by atoms with Gasteiger partial charge < -0.3 is 19.3 Å². The van der Waals surface area contributed by atoms with Crippen molar-refractivity contribution >= 4 is 17.7 Å². The van der Waals surface area contributed by atoms with Crippen molar-refractivity contribution in [2.75, 3.05) is 37.7 Å². The van der Waals surface area contributed by atoms with Crippen LogP contribution in [-0.2, 0) is 9.47 Å². The maximum atomic E-state index is 12.0. The molecule has 0 radical (unpaired) electrons. The number of hydrogen-bond donors (Lipinski definition) is 0. The second kappa shape index (κ2) is 7.55. The molecule has 1 aliphatic heterocycles. The first kappa shape index (κ1) is 18.1. The molecular weight excluding hydrogens is 308 g/mol. The lowest BCUT2D eigenvalue weighted by Crippen LogP contribution is -2.49. The zero-order valence-corrected chi connectivity index (χ0v) is 14.9. The van der Waals surface area contributed by atoms with E-state index in [2.05, 4.69) is 4.90 Å². The van der Waals surface area contributed by atoms with Gasteiger partial charge in [0.25, 0.3) is 0 Å². The largest absolute Gasteiger partial charge is 0.456 e. The fourth-order valence-electron chi connectivity index (χ4n) is 2.51. The van der Waals surface area contributed by atoms with Gasteiger partial charge in [0, 0.05) is 31.9 Å². The zero-order valence-electron chi connectivity index (χ0n) is 14.9. The van der Waals surface area contributed by atoms with Gasteiger partial charge >= 0.3 is 12.1 Å². The summed E-state index contributed by atoms with van der Waals surface area (Å²) < 4.78 is 10.4. The van der Waals surface area contributed by atoms with Crippen molar-refractivity contribution in [1.82, 2.24) is 4.90 Å². The fraction of sp³-hybridized carbons (Fsp3) is 0.556. The van der Waals surface area contributed by atoms with E-state index >= 15 is 0 Å². The topological polar surface area (TPSA) is 59.1 Å². The third-order valence-electron chi connectivity index (χ3n) is 3.67. The zero-order chi connectivity index (χ0) is 17.7. The molecule has 0 atom stereocenters. The average Bonchev–Trinajstić information content (AvgIpc) is 2.54. The summed E-state index contributed by atoms with van der Waals surface area (Å²) in [7, 11) is 0. The van der Waals surface area contributed by atoms with E-state index in [1.54, 1.807) is 24.0 Å². The second-order valence-corrected chi connectivity index (χ2v) is 6.72. The van der Waals surface area contributed by atoms with E-state index in [1.807, 2.05) is 32.9 Å². The van der Waals surface area contributed by atoms with E-state index in [9.17, 15) is 9.59 Å². The lowest BCUT2D eigenvalue weighted by atomic mass is 10.1. The summed E-state index contributed by atoms with van der Waals surface area (Å²) in [5.41, 5.74) is 1.07. The summed E-state index contributed by atoms with van der Waals surface area (Å²) in [6, 6.07) is 7.39. The number of rotatable bonds is 3. The molecule has 0 unspecified atom stereocenters. The van der Waals surface area contributed by atoms with Crippen LogP contribution >= 0.6 is 0 Å². The Morgan fingerprint density at radius 2 is 1.62 bits per heavy atom. The molecule has 0 saturated carbocycles. The number of anilines is 1. The van der Waals surface area contributed by atoms with Gasteiger partial charge in [0.1, 0.15) is 5.60 Å². The number of esters is 1. The molecule has 1 aromatic carbocycles. The summed E-state index contributed by atoms with van der Waals surface area (Å²) in [5, 5.41) is 0. The molecular formula is C18H26N2O4. The van der Waals surface area contributed by atoms with Crippen molar-refractivity contribution in [2.45, 2.75) is 33.3 Å². The Morgan fingerprint density at radius 3 is 2.12 bits per heavy atom. The Bertz CT molecular complexity index is 570. The predicted octanol–water partition coefficient (Wildman–Crippen LogP) is 2.92. The van der Waals surface area contributed by atoms with Crippen LogP contribution in [0.4, 0.5) is 10.5 Å². The Hall–Kier alpha value is -2.24. The van der Waals surface area contributed by atoms with E-state index < -0.39 is 5.60 Å². The maximum absolute atomic E-state index is 12.0. The van der Waals surface area contributed by atoms with Crippen molar-refractivity contribution < 1.29 is 19.1 Å². The van der Waals surface area contributed by atoms with Crippen LogP contribution in [0.2, 0.25) is 0 Å². The highest BCUT2D eigenvalue weighted by atomic mass is 16.6. The lowest BCUT2D eigenvalue weighted by molar-refractivity contribution is 0.00694. The molecule has 132 valence electrons. The molecule has 0 bridgehead atoms. The van der Waals surface area contributed by atoms with E-state index in [4.69, 9.17) is 9.47 Å². The molecule has 6 nitrogen and oxygen atoms in total. The molecule has 0 spiro atoms. The van der Waals surface area contributed by atoms with Gasteiger partial charge in [-0.25, -0.2) is 9.59 Å². The quantitative estimate of drug-likeness (QED) is 0.796. The van der Waals surface area contributed by atoms with E-state index in [-0.39, 0.29) is 12.1 Å². The van der Waals surface area contributed by atoms with E-state index in [0.717, 1.165) is 18.8 Å². The molecule has 0 aliphatic carbocycles. The van der Waals surface area contributed by atoms with Gasteiger partial charge in [0.15, 0.2) is 0 Å².